The third-order valence-corrected chi connectivity index (χ3v) is 2.95. The van der Waals surface area contributed by atoms with Crippen LogP contribution in [0.4, 0.5) is 16.3 Å². The van der Waals surface area contributed by atoms with Crippen molar-refractivity contribution in [2.45, 2.75) is 6.92 Å². The molecule has 1 heterocycles. The number of pyridine rings is 1. The molecule has 0 aliphatic carbocycles. The van der Waals surface area contributed by atoms with Crippen LogP contribution in [0.5, 0.6) is 0 Å². The van der Waals surface area contributed by atoms with E-state index < -0.39 is 6.03 Å². The summed E-state index contributed by atoms with van der Waals surface area (Å²) in [6.07, 6.45) is 0. The Labute approximate surface area is 124 Å². The Hall–Kier alpha value is -2.21. The molecule has 0 spiro atoms. The standard InChI is InChI=1S/C14H12BrN3O2/c1-9(19)10-5-7-11(8-6-10)16-14(20)18-13-4-2-3-12(15)17-13/h2-8H,1H3,(H2,16,17,18,20). The van der Waals surface area contributed by atoms with E-state index >= 15 is 0 Å². The van der Waals surface area contributed by atoms with E-state index in [1.165, 1.54) is 6.92 Å². The van der Waals surface area contributed by atoms with Crippen molar-refractivity contribution in [1.82, 2.24) is 4.98 Å². The smallest absolute Gasteiger partial charge is 0.308 e. The lowest BCUT2D eigenvalue weighted by atomic mass is 10.1. The number of ketones is 1. The number of hydrogen-bond donors (Lipinski definition) is 2. The number of hydrogen-bond acceptors (Lipinski definition) is 3. The molecule has 2 rings (SSSR count). The van der Waals surface area contributed by atoms with Gasteiger partial charge in [0.2, 0.25) is 0 Å². The highest BCUT2D eigenvalue weighted by molar-refractivity contribution is 9.10. The fourth-order valence-corrected chi connectivity index (χ4v) is 1.89. The van der Waals surface area contributed by atoms with Gasteiger partial charge in [-0.3, -0.25) is 10.1 Å². The zero-order valence-corrected chi connectivity index (χ0v) is 12.3. The summed E-state index contributed by atoms with van der Waals surface area (Å²) in [5.41, 5.74) is 1.20. The maximum atomic E-state index is 11.8. The molecule has 0 aliphatic heterocycles. The number of halogens is 1. The molecule has 1 aromatic carbocycles. The molecule has 5 nitrogen and oxygen atoms in total. The Kier molecular flexibility index (Phi) is 4.47. The summed E-state index contributed by atoms with van der Waals surface area (Å²) in [6, 6.07) is 11.5. The largest absolute Gasteiger partial charge is 0.324 e. The number of rotatable bonds is 3. The van der Waals surface area contributed by atoms with Gasteiger partial charge in [0.1, 0.15) is 10.4 Å². The van der Waals surface area contributed by atoms with E-state index in [9.17, 15) is 9.59 Å². The van der Waals surface area contributed by atoms with E-state index in [1.807, 2.05) is 0 Å². The van der Waals surface area contributed by atoms with Crippen molar-refractivity contribution in [3.63, 3.8) is 0 Å². The topological polar surface area (TPSA) is 71.1 Å². The Morgan fingerprint density at radius 3 is 2.35 bits per heavy atom. The van der Waals surface area contributed by atoms with E-state index in [4.69, 9.17) is 0 Å². The number of nitrogens with zero attached hydrogens (tertiary/aromatic N) is 1. The van der Waals surface area contributed by atoms with Crippen LogP contribution in [0.2, 0.25) is 0 Å². The Morgan fingerprint density at radius 2 is 1.75 bits per heavy atom. The second-order valence-corrected chi connectivity index (χ2v) is 4.87. The highest BCUT2D eigenvalue weighted by atomic mass is 79.9. The van der Waals surface area contributed by atoms with Crippen LogP contribution in [0, 0.1) is 0 Å². The first-order valence-corrected chi connectivity index (χ1v) is 6.65. The van der Waals surface area contributed by atoms with Gasteiger partial charge in [0, 0.05) is 11.3 Å². The van der Waals surface area contributed by atoms with Gasteiger partial charge < -0.3 is 5.32 Å². The molecule has 0 saturated carbocycles. The molecule has 2 amide bonds. The molecule has 102 valence electrons. The molecule has 0 bridgehead atoms. The van der Waals surface area contributed by atoms with Crippen LogP contribution >= 0.6 is 15.9 Å². The van der Waals surface area contributed by atoms with Gasteiger partial charge in [-0.15, -0.1) is 0 Å². The average Bonchev–Trinajstić information content (AvgIpc) is 2.39. The Balaban J connectivity index is 1.99. The number of aromatic nitrogens is 1. The van der Waals surface area contributed by atoms with Crippen molar-refractivity contribution >= 4 is 39.2 Å². The molecular weight excluding hydrogens is 322 g/mol. The molecule has 2 N–H and O–H groups in total. The summed E-state index contributed by atoms with van der Waals surface area (Å²) in [6.45, 7) is 1.49. The molecule has 0 radical (unpaired) electrons. The lowest BCUT2D eigenvalue weighted by Gasteiger charge is -2.07. The van der Waals surface area contributed by atoms with Gasteiger partial charge in [0.15, 0.2) is 5.78 Å². The van der Waals surface area contributed by atoms with Crippen LogP contribution in [0.25, 0.3) is 0 Å². The van der Waals surface area contributed by atoms with Crippen molar-refractivity contribution in [3.8, 4) is 0 Å². The molecule has 0 saturated heterocycles. The summed E-state index contributed by atoms with van der Waals surface area (Å²) in [4.78, 5) is 27.0. The van der Waals surface area contributed by atoms with Crippen LogP contribution in [0.15, 0.2) is 47.1 Å². The van der Waals surface area contributed by atoms with Crippen LogP contribution in [0.1, 0.15) is 17.3 Å². The molecule has 2 aromatic rings. The summed E-state index contributed by atoms with van der Waals surface area (Å²) in [5.74, 6) is 0.427. The number of amides is 2. The average molecular weight is 334 g/mol. The maximum absolute atomic E-state index is 11.8. The first kappa shape index (κ1) is 14.2. The molecule has 20 heavy (non-hydrogen) atoms. The van der Waals surface area contributed by atoms with Crippen LogP contribution in [-0.2, 0) is 0 Å². The predicted octanol–water partition coefficient (Wildman–Crippen LogP) is 3.69. The number of benzene rings is 1. The number of anilines is 2. The minimum absolute atomic E-state index is 0.0145. The quantitative estimate of drug-likeness (QED) is 0.664. The first-order chi connectivity index (χ1) is 9.54. The SMILES string of the molecule is CC(=O)c1ccc(NC(=O)Nc2cccc(Br)n2)cc1. The second-order valence-electron chi connectivity index (χ2n) is 4.06. The highest BCUT2D eigenvalue weighted by Crippen LogP contribution is 2.12. The second kappa shape index (κ2) is 6.29. The zero-order valence-electron chi connectivity index (χ0n) is 10.7. The highest BCUT2D eigenvalue weighted by Gasteiger charge is 2.05. The molecule has 0 atom stereocenters. The van der Waals surface area contributed by atoms with E-state index in [1.54, 1.807) is 42.5 Å². The van der Waals surface area contributed by atoms with Gasteiger partial charge >= 0.3 is 6.03 Å². The number of urea groups is 1. The van der Waals surface area contributed by atoms with Crippen LogP contribution in [0.3, 0.4) is 0 Å². The Bertz CT molecular complexity index is 641. The first-order valence-electron chi connectivity index (χ1n) is 5.86. The minimum atomic E-state index is -0.397. The van der Waals surface area contributed by atoms with Gasteiger partial charge in [-0.25, -0.2) is 9.78 Å². The van der Waals surface area contributed by atoms with Crippen molar-refractivity contribution < 1.29 is 9.59 Å². The molecule has 1 aromatic heterocycles. The van der Waals surface area contributed by atoms with Crippen molar-refractivity contribution in [1.29, 1.82) is 0 Å². The van der Waals surface area contributed by atoms with E-state index in [-0.39, 0.29) is 5.78 Å². The van der Waals surface area contributed by atoms with Crippen LogP contribution < -0.4 is 10.6 Å². The van der Waals surface area contributed by atoms with E-state index in [2.05, 4.69) is 31.5 Å². The monoisotopic (exact) mass is 333 g/mol. The number of carbonyl (C=O) groups excluding carboxylic acids is 2. The Morgan fingerprint density at radius 1 is 1.05 bits per heavy atom. The summed E-state index contributed by atoms with van der Waals surface area (Å²) in [5, 5.41) is 5.27. The molecule has 0 aliphatic rings. The summed E-state index contributed by atoms with van der Waals surface area (Å²) in [7, 11) is 0. The summed E-state index contributed by atoms with van der Waals surface area (Å²) >= 11 is 3.23. The van der Waals surface area contributed by atoms with Gasteiger partial charge in [0.05, 0.1) is 0 Å². The van der Waals surface area contributed by atoms with Gasteiger partial charge in [-0.05, 0) is 59.3 Å². The van der Waals surface area contributed by atoms with Crippen molar-refractivity contribution in [3.05, 3.63) is 52.6 Å². The van der Waals surface area contributed by atoms with E-state index in [0.29, 0.717) is 21.7 Å². The third-order valence-electron chi connectivity index (χ3n) is 2.51. The number of carbonyl (C=O) groups is 2. The minimum Gasteiger partial charge on any atom is -0.308 e. The van der Waals surface area contributed by atoms with Gasteiger partial charge in [-0.2, -0.15) is 0 Å². The van der Waals surface area contributed by atoms with Gasteiger partial charge in [0.25, 0.3) is 0 Å². The zero-order chi connectivity index (χ0) is 14.5. The van der Waals surface area contributed by atoms with E-state index in [0.717, 1.165) is 0 Å². The van der Waals surface area contributed by atoms with Crippen LogP contribution in [-0.4, -0.2) is 16.8 Å². The normalized spacial score (nSPS) is 9.90. The van der Waals surface area contributed by atoms with Gasteiger partial charge in [-0.1, -0.05) is 6.07 Å². The number of Topliss-reactive ketones (excluding diaryl/α,β-unsaturated/α-hetero) is 1. The fourth-order valence-electron chi connectivity index (χ4n) is 1.54. The predicted molar refractivity (Wildman–Crippen MR) is 81.0 cm³/mol. The molecule has 0 fully saturated rings. The molecule has 0 unspecified atom stereocenters. The molecule has 6 heteroatoms. The fraction of sp³-hybridized carbons (Fsp3) is 0.0714. The van der Waals surface area contributed by atoms with Crippen molar-refractivity contribution in [2.75, 3.05) is 10.6 Å². The van der Waals surface area contributed by atoms with Crippen molar-refractivity contribution in [2.24, 2.45) is 0 Å². The number of nitrogens with one attached hydrogen (secondary N) is 2. The summed E-state index contributed by atoms with van der Waals surface area (Å²) < 4.78 is 0.640. The maximum Gasteiger partial charge on any atom is 0.324 e. The third kappa shape index (κ3) is 3.89. The lowest BCUT2D eigenvalue weighted by molar-refractivity contribution is 0.101. The molecular formula is C14H12BrN3O2. The lowest BCUT2D eigenvalue weighted by Crippen LogP contribution is -2.20.